The maximum atomic E-state index is 12.6. The number of aliphatic hydroxyl groups excluding tert-OH is 1. The minimum Gasteiger partial charge on any atom is -0.396 e. The van der Waals surface area contributed by atoms with Crippen LogP contribution in [0.1, 0.15) is 6.42 Å². The molecule has 1 heterocycles. The summed E-state index contributed by atoms with van der Waals surface area (Å²) in [6.45, 7) is 1.24. The topological polar surface area (TPSA) is 32.3 Å². The molecule has 0 radical (unpaired) electrons. The second-order valence-corrected chi connectivity index (χ2v) is 2.45. The first kappa shape index (κ1) is 6.96. The molecule has 2 atom stereocenters. The molecule has 1 fully saturated rings. The van der Waals surface area contributed by atoms with E-state index in [9.17, 15) is 4.39 Å². The van der Waals surface area contributed by atoms with E-state index >= 15 is 0 Å². The summed E-state index contributed by atoms with van der Waals surface area (Å²) in [4.78, 5) is 0. The molecule has 54 valence electrons. The van der Waals surface area contributed by atoms with Crippen molar-refractivity contribution in [2.75, 3.05) is 19.7 Å². The minimum absolute atomic E-state index is 0.0111. The van der Waals surface area contributed by atoms with Gasteiger partial charge in [0.2, 0.25) is 0 Å². The number of hydrogen-bond donors (Lipinski definition) is 2. The van der Waals surface area contributed by atoms with Gasteiger partial charge >= 0.3 is 0 Å². The van der Waals surface area contributed by atoms with Crippen LogP contribution in [0.25, 0.3) is 0 Å². The summed E-state index contributed by atoms with van der Waals surface area (Å²) >= 11 is 0. The third kappa shape index (κ3) is 1.63. The Morgan fingerprint density at radius 1 is 1.67 bits per heavy atom. The molecule has 2 N–H and O–H groups in total. The zero-order valence-electron chi connectivity index (χ0n) is 5.31. The van der Waals surface area contributed by atoms with Crippen molar-refractivity contribution in [1.29, 1.82) is 0 Å². The van der Waals surface area contributed by atoms with Crippen molar-refractivity contribution in [3.8, 4) is 0 Å². The number of hydrogen-bond acceptors (Lipinski definition) is 2. The first-order valence-corrected chi connectivity index (χ1v) is 3.30. The minimum atomic E-state index is -0.844. The van der Waals surface area contributed by atoms with E-state index in [0.29, 0.717) is 6.54 Å². The number of nitrogens with one attached hydrogen (secondary N) is 1. The lowest BCUT2D eigenvalue weighted by Gasteiger charge is -2.24. The summed E-state index contributed by atoms with van der Waals surface area (Å²) in [6, 6.07) is 0. The molecule has 0 aromatic carbocycles. The average Bonchev–Trinajstić information content (AvgIpc) is 1.89. The molecular weight excluding hydrogens is 121 g/mol. The van der Waals surface area contributed by atoms with Gasteiger partial charge in [-0.25, -0.2) is 4.39 Å². The Hall–Kier alpha value is -0.150. The molecule has 2 nitrogen and oxygen atoms in total. The average molecular weight is 133 g/mol. The predicted octanol–water partition coefficient (Wildman–Crippen LogP) is -0.0737. The van der Waals surface area contributed by atoms with Crippen LogP contribution in [0, 0.1) is 5.92 Å². The Labute approximate surface area is 54.1 Å². The SMILES string of the molecule is OC[C@H]1CCNC[C@@H]1F. The quantitative estimate of drug-likeness (QED) is 0.524. The standard InChI is InChI=1S/C6H12FNO/c7-6-3-8-2-1-5(6)4-9/h5-6,8-9H,1-4H2/t5-,6+/m1/s1. The van der Waals surface area contributed by atoms with E-state index in [1.165, 1.54) is 0 Å². The van der Waals surface area contributed by atoms with Crippen molar-refractivity contribution >= 4 is 0 Å². The molecule has 0 spiro atoms. The van der Waals surface area contributed by atoms with Crippen molar-refractivity contribution in [1.82, 2.24) is 5.32 Å². The van der Waals surface area contributed by atoms with Gasteiger partial charge in [-0.15, -0.1) is 0 Å². The number of aliphatic hydroxyl groups is 1. The third-order valence-corrected chi connectivity index (χ3v) is 1.78. The molecule has 0 aromatic rings. The van der Waals surface area contributed by atoms with E-state index in [-0.39, 0.29) is 12.5 Å². The largest absolute Gasteiger partial charge is 0.396 e. The van der Waals surface area contributed by atoms with Gasteiger partial charge in [0.15, 0.2) is 0 Å². The summed E-state index contributed by atoms with van der Waals surface area (Å²) in [5, 5.41) is 11.5. The van der Waals surface area contributed by atoms with E-state index in [2.05, 4.69) is 5.32 Å². The molecule has 0 amide bonds. The molecule has 1 aliphatic heterocycles. The fourth-order valence-corrected chi connectivity index (χ4v) is 1.08. The number of rotatable bonds is 1. The van der Waals surface area contributed by atoms with Crippen molar-refractivity contribution in [2.45, 2.75) is 12.6 Å². The van der Waals surface area contributed by atoms with Crippen LogP contribution < -0.4 is 5.32 Å². The Balaban J connectivity index is 2.30. The second kappa shape index (κ2) is 3.13. The highest BCUT2D eigenvalue weighted by Gasteiger charge is 2.22. The Bertz CT molecular complexity index is 89.1. The van der Waals surface area contributed by atoms with Crippen LogP contribution in [0.3, 0.4) is 0 Å². The van der Waals surface area contributed by atoms with Gasteiger partial charge in [-0.1, -0.05) is 0 Å². The van der Waals surface area contributed by atoms with Crippen molar-refractivity contribution in [3.05, 3.63) is 0 Å². The maximum absolute atomic E-state index is 12.6. The lowest BCUT2D eigenvalue weighted by Crippen LogP contribution is -2.39. The highest BCUT2D eigenvalue weighted by molar-refractivity contribution is 4.76. The number of alkyl halides is 1. The van der Waals surface area contributed by atoms with Crippen LogP contribution in [0.15, 0.2) is 0 Å². The second-order valence-electron chi connectivity index (χ2n) is 2.45. The summed E-state index contributed by atoms with van der Waals surface area (Å²) in [7, 11) is 0. The van der Waals surface area contributed by atoms with Gasteiger partial charge in [0, 0.05) is 19.1 Å². The Morgan fingerprint density at radius 2 is 2.44 bits per heavy atom. The van der Waals surface area contributed by atoms with Crippen molar-refractivity contribution < 1.29 is 9.50 Å². The van der Waals surface area contributed by atoms with E-state index < -0.39 is 6.17 Å². The van der Waals surface area contributed by atoms with E-state index in [4.69, 9.17) is 5.11 Å². The summed E-state index contributed by atoms with van der Waals surface area (Å²) in [5.74, 6) is -0.119. The fraction of sp³-hybridized carbons (Fsp3) is 1.00. The van der Waals surface area contributed by atoms with E-state index in [1.807, 2.05) is 0 Å². The summed E-state index contributed by atoms with van der Waals surface area (Å²) in [5.41, 5.74) is 0. The van der Waals surface area contributed by atoms with Gasteiger partial charge in [0.25, 0.3) is 0 Å². The molecule has 0 unspecified atom stereocenters. The Kier molecular flexibility index (Phi) is 2.42. The van der Waals surface area contributed by atoms with Crippen LogP contribution in [-0.4, -0.2) is 31.0 Å². The first-order chi connectivity index (χ1) is 4.34. The molecule has 1 aliphatic rings. The molecule has 0 aliphatic carbocycles. The zero-order chi connectivity index (χ0) is 6.69. The smallest absolute Gasteiger partial charge is 0.118 e. The molecule has 3 heteroatoms. The van der Waals surface area contributed by atoms with Crippen molar-refractivity contribution in [2.24, 2.45) is 5.92 Å². The van der Waals surface area contributed by atoms with Crippen molar-refractivity contribution in [3.63, 3.8) is 0 Å². The molecule has 9 heavy (non-hydrogen) atoms. The monoisotopic (exact) mass is 133 g/mol. The predicted molar refractivity (Wildman–Crippen MR) is 33.0 cm³/mol. The molecule has 0 saturated carbocycles. The normalized spacial score (nSPS) is 36.7. The number of piperidine rings is 1. The molecular formula is C6H12FNO. The summed E-state index contributed by atoms with van der Waals surface area (Å²) in [6.07, 6.45) is -0.0822. The van der Waals surface area contributed by atoms with Gasteiger partial charge in [-0.3, -0.25) is 0 Å². The van der Waals surface area contributed by atoms with Crippen LogP contribution in [0.4, 0.5) is 4.39 Å². The van der Waals surface area contributed by atoms with Gasteiger partial charge in [-0.2, -0.15) is 0 Å². The van der Waals surface area contributed by atoms with Crippen LogP contribution in [-0.2, 0) is 0 Å². The van der Waals surface area contributed by atoms with E-state index in [1.54, 1.807) is 0 Å². The zero-order valence-corrected chi connectivity index (χ0v) is 5.31. The molecule has 1 saturated heterocycles. The fourth-order valence-electron chi connectivity index (χ4n) is 1.08. The highest BCUT2D eigenvalue weighted by Crippen LogP contribution is 2.13. The first-order valence-electron chi connectivity index (χ1n) is 3.30. The Morgan fingerprint density at radius 3 is 2.89 bits per heavy atom. The van der Waals surface area contributed by atoms with Crippen LogP contribution >= 0.6 is 0 Å². The molecule has 0 bridgehead atoms. The van der Waals surface area contributed by atoms with Crippen LogP contribution in [0.2, 0.25) is 0 Å². The van der Waals surface area contributed by atoms with Gasteiger partial charge in [0.1, 0.15) is 6.17 Å². The molecule has 0 aromatic heterocycles. The summed E-state index contributed by atoms with van der Waals surface area (Å²) < 4.78 is 12.6. The third-order valence-electron chi connectivity index (χ3n) is 1.78. The lowest BCUT2D eigenvalue weighted by atomic mass is 9.97. The van der Waals surface area contributed by atoms with Gasteiger partial charge < -0.3 is 10.4 Å². The maximum Gasteiger partial charge on any atom is 0.118 e. The van der Waals surface area contributed by atoms with Crippen LogP contribution in [0.5, 0.6) is 0 Å². The number of halogens is 1. The van der Waals surface area contributed by atoms with Gasteiger partial charge in [0.05, 0.1) is 0 Å². The van der Waals surface area contributed by atoms with Gasteiger partial charge in [-0.05, 0) is 13.0 Å². The molecule has 1 rings (SSSR count). The highest BCUT2D eigenvalue weighted by atomic mass is 19.1. The lowest BCUT2D eigenvalue weighted by molar-refractivity contribution is 0.111. The van der Waals surface area contributed by atoms with E-state index in [0.717, 1.165) is 13.0 Å².